The molecule has 110 valence electrons. The number of alkyl halides is 3. The van der Waals surface area contributed by atoms with Crippen LogP contribution < -0.4 is 5.32 Å². The zero-order valence-corrected chi connectivity index (χ0v) is 11.8. The molecule has 1 N–H and O–H groups in total. The smallest absolute Gasteiger partial charge is 0.322 e. The summed E-state index contributed by atoms with van der Waals surface area (Å²) in [6, 6.07) is 5.40. The van der Waals surface area contributed by atoms with Crippen LogP contribution >= 0.6 is 15.9 Å². The molecule has 2 aromatic rings. The van der Waals surface area contributed by atoms with E-state index < -0.39 is 23.6 Å². The maximum Gasteiger partial charge on any atom is 0.417 e. The number of rotatable bonds is 2. The molecule has 0 atom stereocenters. The molecule has 0 saturated heterocycles. The number of anilines is 1. The monoisotopic (exact) mass is 362 g/mol. The van der Waals surface area contributed by atoms with Gasteiger partial charge in [0, 0.05) is 28.0 Å². The average molecular weight is 363 g/mol. The zero-order valence-electron chi connectivity index (χ0n) is 10.2. The van der Waals surface area contributed by atoms with E-state index in [-0.39, 0.29) is 15.7 Å². The second-order valence-electron chi connectivity index (χ2n) is 4.01. The maximum atomic E-state index is 12.9. The Kier molecular flexibility index (Phi) is 4.26. The highest BCUT2D eigenvalue weighted by atomic mass is 79.9. The Balaban J connectivity index is 2.26. The molecule has 1 amide bonds. The number of nitrogens with one attached hydrogen (secondary N) is 1. The largest absolute Gasteiger partial charge is 0.417 e. The first kappa shape index (κ1) is 15.4. The predicted octanol–water partition coefficient (Wildman–Crippen LogP) is 4.25. The molecule has 0 aliphatic heterocycles. The molecular weight excluding hydrogens is 356 g/mol. The van der Waals surface area contributed by atoms with Gasteiger partial charge in [-0.2, -0.15) is 17.6 Å². The first-order valence-corrected chi connectivity index (χ1v) is 6.36. The van der Waals surface area contributed by atoms with E-state index in [1.807, 2.05) is 0 Å². The number of hydrogen-bond acceptors (Lipinski definition) is 2. The molecule has 1 heterocycles. The molecular formula is C13H7BrF4N2O. The lowest BCUT2D eigenvalue weighted by Gasteiger charge is -2.12. The van der Waals surface area contributed by atoms with E-state index in [9.17, 15) is 22.4 Å². The highest BCUT2D eigenvalue weighted by Gasteiger charge is 2.33. The van der Waals surface area contributed by atoms with Gasteiger partial charge in [-0.1, -0.05) is 15.9 Å². The SMILES string of the molecule is O=C(Nc1ccc(Br)c(C(F)(F)F)c1)c1ccnc(F)c1. The van der Waals surface area contributed by atoms with E-state index in [4.69, 9.17) is 0 Å². The predicted molar refractivity (Wildman–Crippen MR) is 71.3 cm³/mol. The second kappa shape index (κ2) is 5.80. The quantitative estimate of drug-likeness (QED) is 0.640. The van der Waals surface area contributed by atoms with Crippen LogP contribution in [0.4, 0.5) is 23.2 Å². The minimum Gasteiger partial charge on any atom is -0.322 e. The Morgan fingerprint density at radius 2 is 1.90 bits per heavy atom. The summed E-state index contributed by atoms with van der Waals surface area (Å²) in [5.74, 6) is -1.58. The van der Waals surface area contributed by atoms with Gasteiger partial charge in [-0.25, -0.2) is 4.98 Å². The van der Waals surface area contributed by atoms with Gasteiger partial charge in [-0.15, -0.1) is 0 Å². The molecule has 0 bridgehead atoms. The van der Waals surface area contributed by atoms with Gasteiger partial charge in [0.15, 0.2) is 0 Å². The number of amides is 1. The third kappa shape index (κ3) is 3.78. The van der Waals surface area contributed by atoms with Crippen molar-refractivity contribution >= 4 is 27.5 Å². The van der Waals surface area contributed by atoms with Crippen LogP contribution in [-0.2, 0) is 6.18 Å². The number of carbonyl (C=O) groups excluding carboxylic acids is 1. The van der Waals surface area contributed by atoms with Crippen molar-refractivity contribution in [1.29, 1.82) is 0 Å². The first-order chi connectivity index (χ1) is 9.77. The van der Waals surface area contributed by atoms with E-state index in [0.29, 0.717) is 0 Å². The van der Waals surface area contributed by atoms with E-state index >= 15 is 0 Å². The van der Waals surface area contributed by atoms with Crippen LogP contribution in [0.3, 0.4) is 0 Å². The molecule has 1 aromatic heterocycles. The summed E-state index contributed by atoms with van der Waals surface area (Å²) in [5, 5.41) is 2.27. The summed E-state index contributed by atoms with van der Waals surface area (Å²) < 4.78 is 51.0. The normalized spacial score (nSPS) is 11.3. The summed E-state index contributed by atoms with van der Waals surface area (Å²) >= 11 is 2.80. The molecule has 21 heavy (non-hydrogen) atoms. The minimum absolute atomic E-state index is 0.0426. The topological polar surface area (TPSA) is 42.0 Å². The molecule has 1 aromatic carbocycles. The van der Waals surface area contributed by atoms with Crippen molar-refractivity contribution in [2.45, 2.75) is 6.18 Å². The number of hydrogen-bond donors (Lipinski definition) is 1. The number of halogens is 5. The van der Waals surface area contributed by atoms with Crippen molar-refractivity contribution in [3.63, 3.8) is 0 Å². The summed E-state index contributed by atoms with van der Waals surface area (Å²) in [4.78, 5) is 15.1. The van der Waals surface area contributed by atoms with Crippen LogP contribution in [-0.4, -0.2) is 10.9 Å². The number of carbonyl (C=O) groups is 1. The van der Waals surface area contributed by atoms with Crippen LogP contribution in [0.25, 0.3) is 0 Å². The standard InChI is InChI=1S/C13H7BrF4N2O/c14-10-2-1-8(6-9(10)13(16,17)18)20-12(21)7-3-4-19-11(15)5-7/h1-6H,(H,20,21). The van der Waals surface area contributed by atoms with E-state index in [1.165, 1.54) is 18.2 Å². The van der Waals surface area contributed by atoms with Gasteiger partial charge in [0.05, 0.1) is 5.56 Å². The summed E-state index contributed by atoms with van der Waals surface area (Å²) in [6.07, 6.45) is -3.46. The lowest BCUT2D eigenvalue weighted by molar-refractivity contribution is -0.138. The van der Waals surface area contributed by atoms with E-state index in [1.54, 1.807) is 0 Å². The fraction of sp³-hybridized carbons (Fsp3) is 0.0769. The van der Waals surface area contributed by atoms with Gasteiger partial charge in [-0.05, 0) is 24.3 Å². The van der Waals surface area contributed by atoms with Gasteiger partial charge in [-0.3, -0.25) is 4.79 Å². The van der Waals surface area contributed by atoms with Crippen molar-refractivity contribution in [3.05, 3.63) is 58.1 Å². The molecule has 0 aliphatic rings. The lowest BCUT2D eigenvalue weighted by Crippen LogP contribution is -2.14. The van der Waals surface area contributed by atoms with E-state index in [2.05, 4.69) is 26.2 Å². The van der Waals surface area contributed by atoms with Crippen molar-refractivity contribution in [2.24, 2.45) is 0 Å². The van der Waals surface area contributed by atoms with Crippen LogP contribution in [0.5, 0.6) is 0 Å². The first-order valence-electron chi connectivity index (χ1n) is 5.57. The van der Waals surface area contributed by atoms with Gasteiger partial charge >= 0.3 is 6.18 Å². The fourth-order valence-corrected chi connectivity index (χ4v) is 2.04. The Labute approximate surface area is 125 Å². The number of nitrogens with zero attached hydrogens (tertiary/aromatic N) is 1. The van der Waals surface area contributed by atoms with Crippen LogP contribution in [0.2, 0.25) is 0 Å². The van der Waals surface area contributed by atoms with Crippen molar-refractivity contribution in [3.8, 4) is 0 Å². The number of aromatic nitrogens is 1. The molecule has 3 nitrogen and oxygen atoms in total. The van der Waals surface area contributed by atoms with Crippen LogP contribution in [0.15, 0.2) is 41.0 Å². The number of pyridine rings is 1. The van der Waals surface area contributed by atoms with Gasteiger partial charge in [0.1, 0.15) is 0 Å². The zero-order chi connectivity index (χ0) is 15.6. The highest BCUT2D eigenvalue weighted by Crippen LogP contribution is 2.36. The van der Waals surface area contributed by atoms with Crippen LogP contribution in [0, 0.1) is 5.95 Å². The van der Waals surface area contributed by atoms with E-state index in [0.717, 1.165) is 18.3 Å². The Hall–Kier alpha value is -1.96. The second-order valence-corrected chi connectivity index (χ2v) is 4.87. The average Bonchev–Trinajstić information content (AvgIpc) is 2.39. The van der Waals surface area contributed by atoms with Crippen molar-refractivity contribution < 1.29 is 22.4 Å². The number of benzene rings is 1. The Morgan fingerprint density at radius 3 is 2.52 bits per heavy atom. The minimum atomic E-state index is -4.55. The van der Waals surface area contributed by atoms with Gasteiger partial charge < -0.3 is 5.32 Å². The third-order valence-corrected chi connectivity index (χ3v) is 3.21. The maximum absolute atomic E-state index is 12.9. The molecule has 0 unspecified atom stereocenters. The third-order valence-electron chi connectivity index (χ3n) is 2.52. The lowest BCUT2D eigenvalue weighted by atomic mass is 10.2. The summed E-state index contributed by atoms with van der Waals surface area (Å²) in [6.45, 7) is 0. The molecule has 2 rings (SSSR count). The van der Waals surface area contributed by atoms with Crippen molar-refractivity contribution in [2.75, 3.05) is 5.32 Å². The van der Waals surface area contributed by atoms with Gasteiger partial charge in [0.2, 0.25) is 5.95 Å². The molecule has 0 spiro atoms. The fourth-order valence-electron chi connectivity index (χ4n) is 1.57. The Bertz CT molecular complexity index is 688. The molecule has 0 fully saturated rings. The van der Waals surface area contributed by atoms with Gasteiger partial charge in [0.25, 0.3) is 5.91 Å². The molecule has 0 radical (unpaired) electrons. The Morgan fingerprint density at radius 1 is 1.19 bits per heavy atom. The summed E-state index contributed by atoms with van der Waals surface area (Å²) in [7, 11) is 0. The molecule has 0 aliphatic carbocycles. The molecule has 8 heteroatoms. The van der Waals surface area contributed by atoms with Crippen LogP contribution in [0.1, 0.15) is 15.9 Å². The molecule has 0 saturated carbocycles. The summed E-state index contributed by atoms with van der Waals surface area (Å²) in [5.41, 5.74) is -1.01. The van der Waals surface area contributed by atoms with Crippen molar-refractivity contribution in [1.82, 2.24) is 4.98 Å². The highest BCUT2D eigenvalue weighted by molar-refractivity contribution is 9.10.